The first kappa shape index (κ1) is 20.9. The van der Waals surface area contributed by atoms with E-state index in [1.165, 1.54) is 18.1 Å². The van der Waals surface area contributed by atoms with E-state index >= 15 is 0 Å². The maximum atomic E-state index is 12.5. The molecule has 0 fully saturated rings. The average Bonchev–Trinajstić information content (AvgIpc) is 3.40. The van der Waals surface area contributed by atoms with Gasteiger partial charge in [-0.2, -0.15) is 10.2 Å². The second-order valence-electron chi connectivity index (χ2n) is 6.40. The minimum atomic E-state index is -0.219. The van der Waals surface area contributed by atoms with Crippen LogP contribution >= 0.6 is 23.5 Å². The van der Waals surface area contributed by atoms with Gasteiger partial charge in [-0.05, 0) is 42.3 Å². The van der Waals surface area contributed by atoms with Gasteiger partial charge in [-0.1, -0.05) is 0 Å². The molecule has 0 saturated heterocycles. The Hall–Kier alpha value is -3.31. The predicted molar refractivity (Wildman–Crippen MR) is 119 cm³/mol. The molecule has 1 amide bonds. The molecule has 0 radical (unpaired) electrons. The Kier molecular flexibility index (Phi) is 6.53. The maximum absolute atomic E-state index is 12.5. The summed E-state index contributed by atoms with van der Waals surface area (Å²) >= 11 is 2.97. The molecule has 9 nitrogen and oxygen atoms in total. The van der Waals surface area contributed by atoms with E-state index in [0.29, 0.717) is 33.2 Å². The zero-order valence-corrected chi connectivity index (χ0v) is 18.4. The third-order valence-electron chi connectivity index (χ3n) is 4.04. The number of pyridine rings is 1. The van der Waals surface area contributed by atoms with Crippen molar-refractivity contribution in [1.29, 1.82) is 0 Å². The zero-order chi connectivity index (χ0) is 21.6. The summed E-state index contributed by atoms with van der Waals surface area (Å²) in [6.07, 6.45) is 5.28. The first-order chi connectivity index (χ1) is 15.1. The number of H-pyrrole nitrogens is 1. The SMILES string of the molecule is CSc1ccc(Oc2cc(CC(=O)Nc3ccn(C)n3)nc(Sc3ncn[nH]3)c2)cc1. The molecule has 0 aliphatic rings. The number of benzene rings is 1. The summed E-state index contributed by atoms with van der Waals surface area (Å²) in [7, 11) is 1.79. The van der Waals surface area contributed by atoms with Crippen molar-refractivity contribution in [3.63, 3.8) is 0 Å². The van der Waals surface area contributed by atoms with Crippen molar-refractivity contribution in [2.45, 2.75) is 21.5 Å². The summed E-state index contributed by atoms with van der Waals surface area (Å²) in [5.41, 5.74) is 0.564. The van der Waals surface area contributed by atoms with Crippen molar-refractivity contribution in [3.8, 4) is 11.5 Å². The predicted octanol–water partition coefficient (Wildman–Crippen LogP) is 3.78. The number of rotatable bonds is 8. The van der Waals surface area contributed by atoms with Crippen molar-refractivity contribution in [2.75, 3.05) is 11.6 Å². The molecule has 0 unspecified atom stereocenters. The van der Waals surface area contributed by atoms with Gasteiger partial charge in [-0.3, -0.25) is 14.6 Å². The molecule has 0 saturated carbocycles. The third-order valence-corrected chi connectivity index (χ3v) is 5.59. The molecule has 2 N–H and O–H groups in total. The number of nitrogens with one attached hydrogen (secondary N) is 2. The average molecular weight is 454 g/mol. The molecule has 4 rings (SSSR count). The van der Waals surface area contributed by atoms with Crippen LogP contribution < -0.4 is 10.1 Å². The number of thioether (sulfide) groups is 1. The minimum Gasteiger partial charge on any atom is -0.457 e. The Bertz CT molecular complexity index is 1160. The summed E-state index contributed by atoms with van der Waals surface area (Å²) < 4.78 is 7.65. The summed E-state index contributed by atoms with van der Waals surface area (Å²) in [6, 6.07) is 13.1. The Labute approximate surface area is 187 Å². The van der Waals surface area contributed by atoms with Crippen molar-refractivity contribution in [1.82, 2.24) is 29.9 Å². The first-order valence-electron chi connectivity index (χ1n) is 9.23. The number of aromatic amines is 1. The standard InChI is InChI=1S/C20H19N7O2S2/c1-27-8-7-17(26-27)24-18(28)10-13-9-15(29-14-3-5-16(30-2)6-4-14)11-19(23-13)31-20-21-12-22-25-20/h3-9,11-12H,10H2,1-2H3,(H,21,22,25)(H,24,26,28). The lowest BCUT2D eigenvalue weighted by Gasteiger charge is -2.10. The minimum absolute atomic E-state index is 0.0726. The number of nitrogens with zero attached hydrogens (tertiary/aromatic N) is 5. The number of amides is 1. The van der Waals surface area contributed by atoms with Crippen LogP contribution in [-0.4, -0.2) is 42.1 Å². The fourth-order valence-electron chi connectivity index (χ4n) is 2.69. The quantitative estimate of drug-likeness (QED) is 0.388. The van der Waals surface area contributed by atoms with Crippen molar-refractivity contribution >= 4 is 35.2 Å². The molecule has 3 heterocycles. The van der Waals surface area contributed by atoms with Crippen LogP contribution in [0.5, 0.6) is 11.5 Å². The summed E-state index contributed by atoms with van der Waals surface area (Å²) in [5, 5.41) is 14.8. The first-order valence-corrected chi connectivity index (χ1v) is 11.3. The van der Waals surface area contributed by atoms with Crippen LogP contribution in [0.4, 0.5) is 5.82 Å². The summed E-state index contributed by atoms with van der Waals surface area (Å²) in [5.74, 6) is 1.55. The molecule has 0 aliphatic heterocycles. The Morgan fingerprint density at radius 3 is 2.71 bits per heavy atom. The number of aromatic nitrogens is 6. The smallest absolute Gasteiger partial charge is 0.231 e. The van der Waals surface area contributed by atoms with Gasteiger partial charge in [-0.15, -0.1) is 11.8 Å². The van der Waals surface area contributed by atoms with Crippen LogP contribution in [0.25, 0.3) is 0 Å². The lowest BCUT2D eigenvalue weighted by molar-refractivity contribution is -0.115. The molecular formula is C20H19N7O2S2. The van der Waals surface area contributed by atoms with E-state index in [0.717, 1.165) is 4.90 Å². The fourth-order valence-corrected chi connectivity index (χ4v) is 3.83. The second-order valence-corrected chi connectivity index (χ2v) is 8.29. The molecule has 158 valence electrons. The Morgan fingerprint density at radius 1 is 1.19 bits per heavy atom. The summed E-state index contributed by atoms with van der Waals surface area (Å²) in [4.78, 5) is 22.3. The molecule has 1 aromatic carbocycles. The van der Waals surface area contributed by atoms with Gasteiger partial charge in [0.15, 0.2) is 11.0 Å². The Balaban J connectivity index is 1.55. The van der Waals surface area contributed by atoms with Crippen molar-refractivity contribution in [2.24, 2.45) is 7.05 Å². The van der Waals surface area contributed by atoms with E-state index in [1.54, 1.807) is 47.9 Å². The van der Waals surface area contributed by atoms with Crippen LogP contribution in [0, 0.1) is 0 Å². The number of carbonyl (C=O) groups is 1. The molecule has 0 atom stereocenters. The highest BCUT2D eigenvalue weighted by atomic mass is 32.2. The van der Waals surface area contributed by atoms with Gasteiger partial charge in [0.25, 0.3) is 0 Å². The molecule has 3 aromatic heterocycles. The van der Waals surface area contributed by atoms with E-state index in [-0.39, 0.29) is 12.3 Å². The van der Waals surface area contributed by atoms with Crippen LogP contribution in [0.1, 0.15) is 5.69 Å². The van der Waals surface area contributed by atoms with Gasteiger partial charge < -0.3 is 10.1 Å². The van der Waals surface area contributed by atoms with Crippen LogP contribution in [0.2, 0.25) is 0 Å². The van der Waals surface area contributed by atoms with Gasteiger partial charge in [0.05, 0.1) is 12.1 Å². The van der Waals surface area contributed by atoms with E-state index in [9.17, 15) is 4.79 Å². The highest BCUT2D eigenvalue weighted by Gasteiger charge is 2.12. The van der Waals surface area contributed by atoms with Gasteiger partial charge >= 0.3 is 0 Å². The second kappa shape index (κ2) is 9.67. The molecule has 0 aliphatic carbocycles. The molecule has 0 spiro atoms. The zero-order valence-electron chi connectivity index (χ0n) is 16.8. The number of hydrogen-bond acceptors (Lipinski definition) is 8. The molecule has 4 aromatic rings. The molecule has 0 bridgehead atoms. The van der Waals surface area contributed by atoms with Gasteiger partial charge in [-0.25, -0.2) is 9.97 Å². The van der Waals surface area contributed by atoms with Gasteiger partial charge in [0, 0.05) is 36.3 Å². The number of carbonyl (C=O) groups excluding carboxylic acids is 1. The van der Waals surface area contributed by atoms with Crippen molar-refractivity contribution < 1.29 is 9.53 Å². The fraction of sp³-hybridized carbons (Fsp3) is 0.150. The van der Waals surface area contributed by atoms with E-state index in [2.05, 4.69) is 30.6 Å². The number of ether oxygens (including phenoxy) is 1. The summed E-state index contributed by atoms with van der Waals surface area (Å²) in [6.45, 7) is 0. The highest BCUT2D eigenvalue weighted by molar-refractivity contribution is 7.99. The molecule has 31 heavy (non-hydrogen) atoms. The van der Waals surface area contributed by atoms with Crippen LogP contribution in [-0.2, 0) is 18.3 Å². The number of aryl methyl sites for hydroxylation is 1. The van der Waals surface area contributed by atoms with Crippen LogP contribution in [0.3, 0.4) is 0 Å². The van der Waals surface area contributed by atoms with Gasteiger partial charge in [0.2, 0.25) is 5.91 Å². The maximum Gasteiger partial charge on any atom is 0.231 e. The normalized spacial score (nSPS) is 10.8. The molecule has 11 heteroatoms. The topological polar surface area (TPSA) is 111 Å². The van der Waals surface area contributed by atoms with Crippen molar-refractivity contribution in [3.05, 3.63) is 60.7 Å². The van der Waals surface area contributed by atoms with Crippen LogP contribution in [0.15, 0.2) is 70.1 Å². The molecular weight excluding hydrogens is 434 g/mol. The van der Waals surface area contributed by atoms with E-state index < -0.39 is 0 Å². The lowest BCUT2D eigenvalue weighted by atomic mass is 10.2. The lowest BCUT2D eigenvalue weighted by Crippen LogP contribution is -2.16. The van der Waals surface area contributed by atoms with E-state index in [1.807, 2.05) is 30.5 Å². The largest absolute Gasteiger partial charge is 0.457 e. The number of hydrogen-bond donors (Lipinski definition) is 2. The Morgan fingerprint density at radius 2 is 2.03 bits per heavy atom. The van der Waals surface area contributed by atoms with E-state index in [4.69, 9.17) is 4.74 Å². The highest BCUT2D eigenvalue weighted by Crippen LogP contribution is 2.30. The number of anilines is 1. The van der Waals surface area contributed by atoms with Gasteiger partial charge in [0.1, 0.15) is 22.9 Å². The monoisotopic (exact) mass is 453 g/mol. The third kappa shape index (κ3) is 5.86.